The summed E-state index contributed by atoms with van der Waals surface area (Å²) in [7, 11) is 1.28. The van der Waals surface area contributed by atoms with Gasteiger partial charge >= 0.3 is 5.97 Å². The molecule has 17 heteroatoms. The second kappa shape index (κ2) is 16.4. The van der Waals surface area contributed by atoms with Gasteiger partial charge in [-0.2, -0.15) is 10.2 Å². The van der Waals surface area contributed by atoms with Gasteiger partial charge in [0.1, 0.15) is 22.7 Å². The van der Waals surface area contributed by atoms with Crippen LogP contribution in [0.1, 0.15) is 76.8 Å². The first kappa shape index (κ1) is 38.7. The van der Waals surface area contributed by atoms with Crippen molar-refractivity contribution in [3.8, 4) is 5.75 Å². The lowest BCUT2D eigenvalue weighted by atomic mass is 10.2. The Bertz CT molecular complexity index is 2350. The Morgan fingerprint density at radius 2 is 1.35 bits per heavy atom. The van der Waals surface area contributed by atoms with E-state index in [1.54, 1.807) is 51.8 Å². The average molecular weight is 740 g/mol. The summed E-state index contributed by atoms with van der Waals surface area (Å²) in [5.74, 6) is -0.907. The maximum absolute atomic E-state index is 13.5. The number of benzene rings is 2. The molecule has 17 nitrogen and oxygen atoms in total. The summed E-state index contributed by atoms with van der Waals surface area (Å²) in [6, 6.07) is 13.8. The predicted molar refractivity (Wildman–Crippen MR) is 203 cm³/mol. The Kier molecular flexibility index (Phi) is 11.8. The number of nitrogens with one attached hydrogen (secondary N) is 2. The number of nitrogens with zero attached hydrogens (tertiary/aromatic N) is 8. The Morgan fingerprint density at radius 1 is 0.778 bits per heavy atom. The van der Waals surface area contributed by atoms with E-state index in [1.807, 2.05) is 42.9 Å². The molecule has 0 saturated carbocycles. The van der Waals surface area contributed by atoms with Gasteiger partial charge in [-0.15, -0.1) is 0 Å². The number of hydrogen-bond donors (Lipinski definition) is 3. The van der Waals surface area contributed by atoms with Gasteiger partial charge in [-0.3, -0.25) is 34.4 Å². The van der Waals surface area contributed by atoms with Crippen molar-refractivity contribution in [3.05, 3.63) is 76.9 Å². The molecular weight excluding hydrogens is 694 g/mol. The van der Waals surface area contributed by atoms with E-state index in [0.29, 0.717) is 107 Å². The lowest BCUT2D eigenvalue weighted by molar-refractivity contribution is -0.142. The van der Waals surface area contributed by atoms with Gasteiger partial charge < -0.3 is 24.3 Å². The van der Waals surface area contributed by atoms with Crippen LogP contribution in [0.25, 0.3) is 22.1 Å². The van der Waals surface area contributed by atoms with Crippen molar-refractivity contribution in [2.24, 2.45) is 5.73 Å². The largest absolute Gasteiger partial charge is 0.480 e. The number of ether oxygens (including phenoxy) is 2. The highest BCUT2D eigenvalue weighted by atomic mass is 16.6. The SMILES string of the molecule is C.CCn1nc(C)cc1C(=O)Nc1nc2cc(C(N)=O)ccc2n1CCCCn1c(NC(=O)c2cc(C)nn2CC)nc2c(OCC(=O)OC)cccc21. The summed E-state index contributed by atoms with van der Waals surface area (Å²) >= 11 is 0. The molecule has 0 aliphatic rings. The van der Waals surface area contributed by atoms with Gasteiger partial charge in [0.2, 0.25) is 17.8 Å². The molecule has 2 aromatic carbocycles. The molecule has 284 valence electrons. The van der Waals surface area contributed by atoms with Gasteiger partial charge in [-0.25, -0.2) is 14.8 Å². The Balaban J connectivity index is 0.00000561. The van der Waals surface area contributed by atoms with E-state index in [-0.39, 0.29) is 25.8 Å². The molecule has 0 spiro atoms. The molecule has 0 atom stereocenters. The average Bonchev–Trinajstić information content (AvgIpc) is 3.91. The zero-order chi connectivity index (χ0) is 37.8. The molecule has 0 bridgehead atoms. The molecule has 4 N–H and O–H groups in total. The number of para-hydroxylation sites is 1. The molecule has 3 amide bonds. The van der Waals surface area contributed by atoms with Gasteiger partial charge in [0.05, 0.1) is 35.0 Å². The Hall–Kier alpha value is -6.52. The Morgan fingerprint density at radius 3 is 1.91 bits per heavy atom. The Labute approximate surface area is 311 Å². The van der Waals surface area contributed by atoms with Crippen LogP contribution in [-0.4, -0.2) is 76.1 Å². The smallest absolute Gasteiger partial charge is 0.343 e. The first-order valence-electron chi connectivity index (χ1n) is 17.2. The van der Waals surface area contributed by atoms with E-state index in [9.17, 15) is 19.2 Å². The topological polar surface area (TPSA) is 208 Å². The molecule has 54 heavy (non-hydrogen) atoms. The first-order valence-corrected chi connectivity index (χ1v) is 17.2. The van der Waals surface area contributed by atoms with E-state index >= 15 is 0 Å². The monoisotopic (exact) mass is 739 g/mol. The van der Waals surface area contributed by atoms with E-state index < -0.39 is 11.9 Å². The lowest BCUT2D eigenvalue weighted by Gasteiger charge is -2.13. The minimum absolute atomic E-state index is 0. The van der Waals surface area contributed by atoms with Crippen molar-refractivity contribution in [1.82, 2.24) is 38.7 Å². The number of carbonyl (C=O) groups is 4. The van der Waals surface area contributed by atoms with Crippen LogP contribution in [0.4, 0.5) is 11.9 Å². The third kappa shape index (κ3) is 7.94. The van der Waals surface area contributed by atoms with Crippen LogP contribution in [-0.2, 0) is 35.7 Å². The van der Waals surface area contributed by atoms with Crippen molar-refractivity contribution in [2.45, 2.75) is 74.1 Å². The number of amides is 3. The highest BCUT2D eigenvalue weighted by molar-refractivity contribution is 6.04. The van der Waals surface area contributed by atoms with Crippen molar-refractivity contribution < 1.29 is 28.7 Å². The van der Waals surface area contributed by atoms with Crippen molar-refractivity contribution in [3.63, 3.8) is 0 Å². The number of aryl methyl sites for hydroxylation is 6. The van der Waals surface area contributed by atoms with Crippen LogP contribution in [0.5, 0.6) is 5.75 Å². The highest BCUT2D eigenvalue weighted by Gasteiger charge is 2.22. The second-order valence-corrected chi connectivity index (χ2v) is 12.3. The van der Waals surface area contributed by atoms with Crippen LogP contribution in [0, 0.1) is 13.8 Å². The number of aromatic nitrogens is 8. The number of imidazole rings is 2. The van der Waals surface area contributed by atoms with Crippen LogP contribution < -0.4 is 21.1 Å². The quantitative estimate of drug-likeness (QED) is 0.0976. The normalized spacial score (nSPS) is 11.1. The maximum Gasteiger partial charge on any atom is 0.343 e. The number of methoxy groups -OCH3 is 1. The number of esters is 1. The maximum atomic E-state index is 13.5. The first-order chi connectivity index (χ1) is 25.5. The minimum Gasteiger partial charge on any atom is -0.480 e. The van der Waals surface area contributed by atoms with Crippen molar-refractivity contribution >= 4 is 57.7 Å². The fourth-order valence-corrected chi connectivity index (χ4v) is 6.17. The molecule has 0 fully saturated rings. The van der Waals surface area contributed by atoms with Crippen molar-refractivity contribution in [1.29, 1.82) is 0 Å². The number of nitrogens with two attached hydrogens (primary N) is 1. The van der Waals surface area contributed by atoms with Crippen molar-refractivity contribution in [2.75, 3.05) is 24.4 Å². The number of unbranched alkanes of at least 4 members (excludes halogenated alkanes) is 1. The van der Waals surface area contributed by atoms with Gasteiger partial charge in [0, 0.05) is 31.7 Å². The predicted octanol–water partition coefficient (Wildman–Crippen LogP) is 4.71. The molecule has 0 aliphatic heterocycles. The fraction of sp³-hybridized carbons (Fsp3) is 0.351. The van der Waals surface area contributed by atoms with E-state index in [1.165, 1.54) is 7.11 Å². The summed E-state index contributed by atoms with van der Waals surface area (Å²) in [4.78, 5) is 60.2. The number of rotatable bonds is 15. The van der Waals surface area contributed by atoms with Crippen LogP contribution >= 0.6 is 0 Å². The standard InChI is InChI=1S/C36H41N11O6.CH4/c1-6-46-27(17-21(3)42-46)33(50)40-35-38-24-19-23(32(37)49)13-14-25(24)44(35)15-8-9-16-45-26-11-10-12-29(53-20-30(48)52-5)31(26)39-36(45)41-34(51)28-18-22(4)43-47(28)7-2;/h10-14,17-19H,6-9,15-16,20H2,1-5H3,(H2,37,49)(H,38,40,50)(H,39,41,51);1H4. The minimum atomic E-state index is -0.585. The molecular formula is C37H45N11O6. The number of carbonyl (C=O) groups excluding carboxylic acids is 4. The van der Waals surface area contributed by atoms with Crippen LogP contribution in [0.3, 0.4) is 0 Å². The van der Waals surface area contributed by atoms with Crippen LogP contribution in [0.2, 0.25) is 0 Å². The third-order valence-electron chi connectivity index (χ3n) is 8.68. The molecule has 0 aliphatic carbocycles. The molecule has 0 radical (unpaired) electrons. The highest BCUT2D eigenvalue weighted by Crippen LogP contribution is 2.30. The van der Waals surface area contributed by atoms with Gasteiger partial charge in [0.25, 0.3) is 11.8 Å². The number of hydrogen-bond acceptors (Lipinski definition) is 10. The van der Waals surface area contributed by atoms with E-state index in [2.05, 4.69) is 25.8 Å². The second-order valence-electron chi connectivity index (χ2n) is 12.3. The molecule has 4 heterocycles. The summed E-state index contributed by atoms with van der Waals surface area (Å²) in [6.07, 6.45) is 1.23. The fourth-order valence-electron chi connectivity index (χ4n) is 6.17. The summed E-state index contributed by atoms with van der Waals surface area (Å²) < 4.78 is 17.5. The van der Waals surface area contributed by atoms with Gasteiger partial charge in [-0.1, -0.05) is 13.5 Å². The van der Waals surface area contributed by atoms with Gasteiger partial charge in [0.15, 0.2) is 6.61 Å². The molecule has 6 aromatic rings. The molecule has 4 aromatic heterocycles. The van der Waals surface area contributed by atoms with Gasteiger partial charge in [-0.05, 0) is 83.0 Å². The van der Waals surface area contributed by atoms with E-state index in [0.717, 1.165) is 0 Å². The molecule has 6 rings (SSSR count). The van der Waals surface area contributed by atoms with Crippen LogP contribution in [0.15, 0.2) is 48.5 Å². The summed E-state index contributed by atoms with van der Waals surface area (Å²) in [5.41, 5.74) is 10.4. The molecule has 0 saturated heterocycles. The lowest BCUT2D eigenvalue weighted by Crippen LogP contribution is -2.20. The number of anilines is 2. The number of fused-ring (bicyclic) bond motifs is 2. The third-order valence-corrected chi connectivity index (χ3v) is 8.68. The summed E-state index contributed by atoms with van der Waals surface area (Å²) in [6.45, 7) is 9.05. The number of primary amides is 1. The zero-order valence-corrected chi connectivity index (χ0v) is 30.2. The zero-order valence-electron chi connectivity index (χ0n) is 30.2. The molecule has 0 unspecified atom stereocenters. The van der Waals surface area contributed by atoms with E-state index in [4.69, 9.17) is 20.2 Å². The summed E-state index contributed by atoms with van der Waals surface area (Å²) in [5, 5.41) is 14.7.